The van der Waals surface area contributed by atoms with Crippen LogP contribution in [0.3, 0.4) is 0 Å². The summed E-state index contributed by atoms with van der Waals surface area (Å²) in [4.78, 5) is 20.9. The van der Waals surface area contributed by atoms with Crippen LogP contribution in [-0.4, -0.2) is 18.5 Å². The number of hydrogen-bond acceptors (Lipinski definition) is 2. The van der Waals surface area contributed by atoms with Crippen molar-refractivity contribution in [1.82, 2.24) is 10.6 Å². The molecule has 0 radical (unpaired) electrons. The Hall–Kier alpha value is -1.32. The maximum atomic E-state index is 10.5. The SMILES string of the molecule is C=CC(=O)NC(=O)NCC. The molecule has 0 unspecified atom stereocenters. The van der Waals surface area contributed by atoms with Gasteiger partial charge < -0.3 is 5.32 Å². The van der Waals surface area contributed by atoms with Crippen LogP contribution in [0.5, 0.6) is 0 Å². The van der Waals surface area contributed by atoms with Gasteiger partial charge in [0.15, 0.2) is 0 Å². The fraction of sp³-hybridized carbons (Fsp3) is 0.333. The van der Waals surface area contributed by atoms with E-state index >= 15 is 0 Å². The molecule has 0 heterocycles. The zero-order valence-electron chi connectivity index (χ0n) is 5.81. The highest BCUT2D eigenvalue weighted by molar-refractivity contribution is 5.99. The van der Waals surface area contributed by atoms with Gasteiger partial charge in [0.2, 0.25) is 0 Å². The van der Waals surface area contributed by atoms with E-state index in [0.29, 0.717) is 6.54 Å². The van der Waals surface area contributed by atoms with E-state index in [1.807, 2.05) is 5.32 Å². The van der Waals surface area contributed by atoms with Crippen molar-refractivity contribution in [3.63, 3.8) is 0 Å². The molecule has 0 bridgehead atoms. The topological polar surface area (TPSA) is 58.2 Å². The highest BCUT2D eigenvalue weighted by Gasteiger charge is 1.99. The van der Waals surface area contributed by atoms with Crippen LogP contribution in [0.15, 0.2) is 12.7 Å². The van der Waals surface area contributed by atoms with Crippen molar-refractivity contribution in [1.29, 1.82) is 0 Å². The van der Waals surface area contributed by atoms with Gasteiger partial charge in [-0.05, 0) is 13.0 Å². The minimum Gasteiger partial charge on any atom is -0.338 e. The van der Waals surface area contributed by atoms with Crippen molar-refractivity contribution in [2.45, 2.75) is 6.92 Å². The maximum Gasteiger partial charge on any atom is 0.321 e. The van der Waals surface area contributed by atoms with Gasteiger partial charge in [-0.3, -0.25) is 10.1 Å². The molecule has 0 aliphatic carbocycles. The summed E-state index contributed by atoms with van der Waals surface area (Å²) in [5, 5.41) is 4.42. The van der Waals surface area contributed by atoms with Gasteiger partial charge in [0.25, 0.3) is 5.91 Å². The van der Waals surface area contributed by atoms with Crippen molar-refractivity contribution in [3.05, 3.63) is 12.7 Å². The fourth-order valence-corrected chi connectivity index (χ4v) is 0.368. The summed E-state index contributed by atoms with van der Waals surface area (Å²) in [6.45, 7) is 5.44. The van der Waals surface area contributed by atoms with E-state index in [9.17, 15) is 9.59 Å². The first kappa shape index (κ1) is 8.68. The van der Waals surface area contributed by atoms with Crippen LogP contribution >= 0.6 is 0 Å². The van der Waals surface area contributed by atoms with Crippen molar-refractivity contribution in [2.75, 3.05) is 6.54 Å². The largest absolute Gasteiger partial charge is 0.338 e. The Morgan fingerprint density at radius 2 is 2.20 bits per heavy atom. The maximum absolute atomic E-state index is 10.5. The molecule has 0 aliphatic rings. The summed E-state index contributed by atoms with van der Waals surface area (Å²) in [7, 11) is 0. The Kier molecular flexibility index (Phi) is 3.95. The van der Waals surface area contributed by atoms with E-state index in [2.05, 4.69) is 11.9 Å². The highest BCUT2D eigenvalue weighted by atomic mass is 16.2. The molecule has 4 heteroatoms. The van der Waals surface area contributed by atoms with Crippen molar-refractivity contribution in [3.8, 4) is 0 Å². The highest BCUT2D eigenvalue weighted by Crippen LogP contribution is 1.67. The van der Waals surface area contributed by atoms with Crippen molar-refractivity contribution in [2.24, 2.45) is 0 Å². The predicted octanol–water partition coefficient (Wildman–Crippen LogP) is 0.0181. The first-order valence-electron chi connectivity index (χ1n) is 2.92. The summed E-state index contributed by atoms with van der Waals surface area (Å²) in [5.41, 5.74) is 0. The number of urea groups is 1. The van der Waals surface area contributed by atoms with Gasteiger partial charge in [-0.25, -0.2) is 4.79 Å². The molecule has 0 saturated heterocycles. The molecule has 3 amide bonds. The fourth-order valence-electron chi connectivity index (χ4n) is 0.368. The molecule has 0 aromatic rings. The Morgan fingerprint density at radius 3 is 2.60 bits per heavy atom. The average molecular weight is 142 g/mol. The minimum atomic E-state index is -0.494. The second-order valence-corrected chi connectivity index (χ2v) is 1.55. The molecule has 56 valence electrons. The van der Waals surface area contributed by atoms with Crippen LogP contribution in [0.25, 0.3) is 0 Å². The Morgan fingerprint density at radius 1 is 1.60 bits per heavy atom. The van der Waals surface area contributed by atoms with Crippen LogP contribution in [0.4, 0.5) is 4.79 Å². The smallest absolute Gasteiger partial charge is 0.321 e. The molecular formula is C6H10N2O2. The third kappa shape index (κ3) is 3.65. The van der Waals surface area contributed by atoms with E-state index in [1.54, 1.807) is 6.92 Å². The van der Waals surface area contributed by atoms with Gasteiger partial charge in [-0.15, -0.1) is 0 Å². The molecule has 0 atom stereocenters. The summed E-state index contributed by atoms with van der Waals surface area (Å²) < 4.78 is 0. The zero-order chi connectivity index (χ0) is 7.98. The molecular weight excluding hydrogens is 132 g/mol. The molecule has 0 rings (SSSR count). The number of carbonyl (C=O) groups is 2. The summed E-state index contributed by atoms with van der Waals surface area (Å²) >= 11 is 0. The normalized spacial score (nSPS) is 8.10. The van der Waals surface area contributed by atoms with E-state index in [4.69, 9.17) is 0 Å². The number of hydrogen-bond donors (Lipinski definition) is 2. The van der Waals surface area contributed by atoms with Crippen LogP contribution in [-0.2, 0) is 4.79 Å². The molecule has 0 fully saturated rings. The lowest BCUT2D eigenvalue weighted by atomic mass is 10.6. The Labute approximate surface area is 59.3 Å². The predicted molar refractivity (Wildman–Crippen MR) is 37.4 cm³/mol. The lowest BCUT2D eigenvalue weighted by molar-refractivity contribution is -0.115. The molecule has 0 saturated carbocycles. The molecule has 10 heavy (non-hydrogen) atoms. The quantitative estimate of drug-likeness (QED) is 0.534. The van der Waals surface area contributed by atoms with E-state index in [-0.39, 0.29) is 0 Å². The summed E-state index contributed by atoms with van der Waals surface area (Å²) in [6, 6.07) is -0.493. The third-order valence-corrected chi connectivity index (χ3v) is 0.759. The monoisotopic (exact) mass is 142 g/mol. The zero-order valence-corrected chi connectivity index (χ0v) is 5.81. The first-order valence-corrected chi connectivity index (χ1v) is 2.92. The van der Waals surface area contributed by atoms with Gasteiger partial charge in [0.05, 0.1) is 0 Å². The molecule has 0 spiro atoms. The number of amides is 3. The second kappa shape index (κ2) is 4.55. The molecule has 0 aromatic carbocycles. The van der Waals surface area contributed by atoms with Crippen LogP contribution in [0, 0.1) is 0 Å². The third-order valence-electron chi connectivity index (χ3n) is 0.759. The standard InChI is InChI=1S/C6H10N2O2/c1-3-5(9)8-6(10)7-4-2/h3H,1,4H2,2H3,(H2,7,8,9,10). The Bertz CT molecular complexity index is 154. The first-order chi connectivity index (χ1) is 4.70. The molecule has 4 nitrogen and oxygen atoms in total. The number of nitrogens with one attached hydrogen (secondary N) is 2. The van der Waals surface area contributed by atoms with Crippen LogP contribution < -0.4 is 10.6 Å². The lowest BCUT2D eigenvalue weighted by Crippen LogP contribution is -2.38. The number of carbonyl (C=O) groups excluding carboxylic acids is 2. The number of rotatable bonds is 2. The van der Waals surface area contributed by atoms with Crippen LogP contribution in [0.2, 0.25) is 0 Å². The Balaban J connectivity index is 3.57. The molecule has 2 N–H and O–H groups in total. The van der Waals surface area contributed by atoms with Crippen LogP contribution in [0.1, 0.15) is 6.92 Å². The molecule has 0 aromatic heterocycles. The van der Waals surface area contributed by atoms with Crippen molar-refractivity contribution < 1.29 is 9.59 Å². The van der Waals surface area contributed by atoms with E-state index < -0.39 is 11.9 Å². The average Bonchev–Trinajstić information content (AvgIpc) is 1.88. The van der Waals surface area contributed by atoms with E-state index in [0.717, 1.165) is 6.08 Å². The van der Waals surface area contributed by atoms with Gasteiger partial charge in [-0.1, -0.05) is 6.58 Å². The van der Waals surface area contributed by atoms with Crippen molar-refractivity contribution >= 4 is 11.9 Å². The summed E-state index contributed by atoms with van der Waals surface area (Å²) in [6.07, 6.45) is 1.04. The second-order valence-electron chi connectivity index (χ2n) is 1.55. The van der Waals surface area contributed by atoms with Gasteiger partial charge in [0, 0.05) is 6.54 Å². The van der Waals surface area contributed by atoms with E-state index in [1.165, 1.54) is 0 Å². The molecule has 0 aliphatic heterocycles. The summed E-state index contributed by atoms with van der Waals surface area (Å²) in [5.74, 6) is -0.494. The van der Waals surface area contributed by atoms with Gasteiger partial charge in [-0.2, -0.15) is 0 Å². The lowest BCUT2D eigenvalue weighted by Gasteiger charge is -1.99. The van der Waals surface area contributed by atoms with Gasteiger partial charge >= 0.3 is 6.03 Å². The number of imide groups is 1. The van der Waals surface area contributed by atoms with Gasteiger partial charge in [0.1, 0.15) is 0 Å². The minimum absolute atomic E-state index is 0.493.